The predicted octanol–water partition coefficient (Wildman–Crippen LogP) is 3.09. The number of carbonyl (C=O) groups excluding carboxylic acids is 1. The van der Waals surface area contributed by atoms with Crippen LogP contribution in [0.3, 0.4) is 0 Å². The van der Waals surface area contributed by atoms with Gasteiger partial charge in [0, 0.05) is 24.6 Å². The molecule has 3 rings (SSSR count). The van der Waals surface area contributed by atoms with Gasteiger partial charge in [-0.15, -0.1) is 0 Å². The molecule has 1 aromatic rings. The Bertz CT molecular complexity index is 517. The number of piperidine rings is 1. The maximum Gasteiger partial charge on any atom is 0.253 e. The molecule has 0 saturated carbocycles. The second kappa shape index (κ2) is 8.49. The van der Waals surface area contributed by atoms with E-state index in [1.54, 1.807) is 0 Å². The number of hydrogen-bond donors (Lipinski definition) is 0. The molecule has 24 heavy (non-hydrogen) atoms. The van der Waals surface area contributed by atoms with Crippen LogP contribution in [0.15, 0.2) is 24.3 Å². The van der Waals surface area contributed by atoms with E-state index in [1.807, 2.05) is 29.2 Å². The minimum Gasteiger partial charge on any atom is -0.494 e. The maximum atomic E-state index is 12.6. The van der Waals surface area contributed by atoms with E-state index in [4.69, 9.17) is 14.2 Å². The van der Waals surface area contributed by atoms with Crippen LogP contribution in [0.1, 0.15) is 43.0 Å². The van der Waals surface area contributed by atoms with Crippen LogP contribution in [0.25, 0.3) is 0 Å². The summed E-state index contributed by atoms with van der Waals surface area (Å²) in [7, 11) is 0. The lowest BCUT2D eigenvalue weighted by Crippen LogP contribution is -2.41. The van der Waals surface area contributed by atoms with Gasteiger partial charge in [0.05, 0.1) is 19.8 Å². The lowest BCUT2D eigenvalue weighted by atomic mass is 9.95. The first-order valence-corrected chi connectivity index (χ1v) is 9.03. The van der Waals surface area contributed by atoms with Crippen molar-refractivity contribution in [3.8, 4) is 5.75 Å². The van der Waals surface area contributed by atoms with Gasteiger partial charge < -0.3 is 19.1 Å². The molecule has 132 valence electrons. The van der Waals surface area contributed by atoms with E-state index in [2.05, 4.69) is 6.92 Å². The number of amides is 1. The summed E-state index contributed by atoms with van der Waals surface area (Å²) < 4.78 is 16.8. The third-order valence-electron chi connectivity index (χ3n) is 4.73. The van der Waals surface area contributed by atoms with E-state index in [9.17, 15) is 4.79 Å². The van der Waals surface area contributed by atoms with Crippen LogP contribution in [-0.4, -0.2) is 50.0 Å². The van der Waals surface area contributed by atoms with Gasteiger partial charge in [-0.05, 0) is 43.5 Å². The molecule has 0 bridgehead atoms. The van der Waals surface area contributed by atoms with Crippen LogP contribution in [0.4, 0.5) is 0 Å². The van der Waals surface area contributed by atoms with Gasteiger partial charge in [-0.3, -0.25) is 4.79 Å². The Morgan fingerprint density at radius 3 is 2.46 bits per heavy atom. The SMILES string of the molecule is CCCCOc1ccc(C(=O)N2CCC(C3OCCO3)CC2)cc1. The number of carbonyl (C=O) groups is 1. The summed E-state index contributed by atoms with van der Waals surface area (Å²) in [5.74, 6) is 1.34. The number of unbranched alkanes of at least 4 members (excludes halogenated alkanes) is 1. The molecule has 0 N–H and O–H groups in total. The van der Waals surface area contributed by atoms with Crippen LogP contribution in [-0.2, 0) is 9.47 Å². The van der Waals surface area contributed by atoms with Crippen molar-refractivity contribution in [3.63, 3.8) is 0 Å². The molecule has 0 aromatic heterocycles. The summed E-state index contributed by atoms with van der Waals surface area (Å²) >= 11 is 0. The summed E-state index contributed by atoms with van der Waals surface area (Å²) in [6.45, 7) is 5.78. The predicted molar refractivity (Wildman–Crippen MR) is 91.2 cm³/mol. The lowest BCUT2D eigenvalue weighted by molar-refractivity contribution is -0.0956. The topological polar surface area (TPSA) is 48.0 Å². The van der Waals surface area contributed by atoms with Crippen LogP contribution in [0.5, 0.6) is 5.75 Å². The number of hydrogen-bond acceptors (Lipinski definition) is 4. The zero-order valence-corrected chi connectivity index (χ0v) is 14.4. The summed E-state index contributed by atoms with van der Waals surface area (Å²) in [6, 6.07) is 7.49. The molecule has 2 saturated heterocycles. The van der Waals surface area contributed by atoms with Gasteiger partial charge in [0.1, 0.15) is 5.75 Å². The molecule has 0 atom stereocenters. The van der Waals surface area contributed by atoms with Gasteiger partial charge in [-0.2, -0.15) is 0 Å². The minimum atomic E-state index is -0.0678. The molecule has 5 heteroatoms. The highest BCUT2D eigenvalue weighted by atomic mass is 16.7. The van der Waals surface area contributed by atoms with Crippen molar-refractivity contribution in [2.75, 3.05) is 32.9 Å². The highest BCUT2D eigenvalue weighted by Gasteiger charge is 2.31. The molecule has 2 aliphatic rings. The van der Waals surface area contributed by atoms with Gasteiger partial charge in [-0.25, -0.2) is 0 Å². The Morgan fingerprint density at radius 1 is 1.17 bits per heavy atom. The first-order valence-electron chi connectivity index (χ1n) is 9.03. The van der Waals surface area contributed by atoms with Gasteiger partial charge >= 0.3 is 0 Å². The molecule has 1 aromatic carbocycles. The van der Waals surface area contributed by atoms with Gasteiger partial charge in [0.25, 0.3) is 5.91 Å². The molecule has 0 spiro atoms. The monoisotopic (exact) mass is 333 g/mol. The highest BCUT2D eigenvalue weighted by Crippen LogP contribution is 2.26. The Balaban J connectivity index is 1.49. The smallest absolute Gasteiger partial charge is 0.253 e. The Labute approximate surface area is 143 Å². The van der Waals surface area contributed by atoms with Gasteiger partial charge in [0.2, 0.25) is 0 Å². The van der Waals surface area contributed by atoms with Crippen molar-refractivity contribution >= 4 is 5.91 Å². The van der Waals surface area contributed by atoms with Crippen molar-refractivity contribution in [2.24, 2.45) is 5.92 Å². The van der Waals surface area contributed by atoms with Crippen LogP contribution >= 0.6 is 0 Å². The van der Waals surface area contributed by atoms with E-state index >= 15 is 0 Å². The largest absolute Gasteiger partial charge is 0.494 e. The Hall–Kier alpha value is -1.59. The highest BCUT2D eigenvalue weighted by molar-refractivity contribution is 5.94. The number of nitrogens with zero attached hydrogens (tertiary/aromatic N) is 1. The normalized spacial score (nSPS) is 19.6. The zero-order valence-electron chi connectivity index (χ0n) is 14.4. The second-order valence-electron chi connectivity index (χ2n) is 6.47. The molecule has 0 aliphatic carbocycles. The van der Waals surface area contributed by atoms with Gasteiger partial charge in [-0.1, -0.05) is 13.3 Å². The van der Waals surface area contributed by atoms with Crippen molar-refractivity contribution in [3.05, 3.63) is 29.8 Å². The molecule has 1 amide bonds. The molecule has 2 aliphatic heterocycles. The summed E-state index contributed by atoms with van der Waals surface area (Å²) in [4.78, 5) is 14.6. The standard InChI is InChI=1S/C19H27NO4/c1-2-3-12-22-17-6-4-15(5-7-17)18(21)20-10-8-16(9-11-20)19-23-13-14-24-19/h4-7,16,19H,2-3,8-14H2,1H3. The van der Waals surface area contributed by atoms with E-state index in [-0.39, 0.29) is 12.2 Å². The average Bonchev–Trinajstić information content (AvgIpc) is 3.17. The fraction of sp³-hybridized carbons (Fsp3) is 0.632. The molecule has 0 radical (unpaired) electrons. The number of benzene rings is 1. The molecule has 0 unspecified atom stereocenters. The van der Waals surface area contributed by atoms with Crippen molar-refractivity contribution < 1.29 is 19.0 Å². The lowest BCUT2D eigenvalue weighted by Gasteiger charge is -2.33. The van der Waals surface area contributed by atoms with E-state index in [0.29, 0.717) is 19.1 Å². The summed E-state index contributed by atoms with van der Waals surface area (Å²) in [5.41, 5.74) is 0.727. The quantitative estimate of drug-likeness (QED) is 0.751. The van der Waals surface area contributed by atoms with E-state index in [0.717, 1.165) is 56.7 Å². The first kappa shape index (κ1) is 17.2. The number of rotatable bonds is 6. The third kappa shape index (κ3) is 4.28. The summed E-state index contributed by atoms with van der Waals surface area (Å²) in [5, 5.41) is 0. The fourth-order valence-electron chi connectivity index (χ4n) is 3.23. The van der Waals surface area contributed by atoms with Crippen molar-refractivity contribution in [1.29, 1.82) is 0 Å². The van der Waals surface area contributed by atoms with Crippen LogP contribution in [0.2, 0.25) is 0 Å². The molecule has 2 fully saturated rings. The van der Waals surface area contributed by atoms with E-state index in [1.165, 1.54) is 0 Å². The number of likely N-dealkylation sites (tertiary alicyclic amines) is 1. The van der Waals surface area contributed by atoms with Gasteiger partial charge in [0.15, 0.2) is 6.29 Å². The molecule has 5 nitrogen and oxygen atoms in total. The maximum absolute atomic E-state index is 12.6. The minimum absolute atomic E-state index is 0.0678. The molecular weight excluding hydrogens is 306 g/mol. The first-order chi connectivity index (χ1) is 11.8. The number of ether oxygens (including phenoxy) is 3. The van der Waals surface area contributed by atoms with Crippen molar-refractivity contribution in [2.45, 2.75) is 38.9 Å². The molecule has 2 heterocycles. The van der Waals surface area contributed by atoms with Crippen LogP contribution in [0, 0.1) is 5.92 Å². The Morgan fingerprint density at radius 2 is 1.83 bits per heavy atom. The van der Waals surface area contributed by atoms with Crippen LogP contribution < -0.4 is 4.74 Å². The fourth-order valence-corrected chi connectivity index (χ4v) is 3.23. The average molecular weight is 333 g/mol. The summed E-state index contributed by atoms with van der Waals surface area (Å²) in [6.07, 6.45) is 3.97. The second-order valence-corrected chi connectivity index (χ2v) is 6.47. The third-order valence-corrected chi connectivity index (χ3v) is 4.73. The zero-order chi connectivity index (χ0) is 16.8. The van der Waals surface area contributed by atoms with Crippen molar-refractivity contribution in [1.82, 2.24) is 4.90 Å². The van der Waals surface area contributed by atoms with E-state index < -0.39 is 0 Å². The Kier molecular flexibility index (Phi) is 6.10. The molecular formula is C19H27NO4.